The van der Waals surface area contributed by atoms with E-state index in [0.717, 1.165) is 53.5 Å². The van der Waals surface area contributed by atoms with Crippen LogP contribution in [0.5, 0.6) is 17.2 Å². The van der Waals surface area contributed by atoms with Crippen molar-refractivity contribution in [3.63, 3.8) is 0 Å². The van der Waals surface area contributed by atoms with Crippen molar-refractivity contribution in [2.75, 3.05) is 14.2 Å². The van der Waals surface area contributed by atoms with Crippen LogP contribution < -0.4 is 29.1 Å². The summed E-state index contributed by atoms with van der Waals surface area (Å²) in [6.45, 7) is 0.270. The Kier molecular flexibility index (Phi) is 9.13. The van der Waals surface area contributed by atoms with E-state index in [4.69, 9.17) is 19.2 Å². The maximum absolute atomic E-state index is 14.3. The minimum atomic E-state index is -0.421. The SMILES string of the molecule is COc1ccc([C@H]2C3=C(N=c4s/c(=C\c5cc(I)c(OCc6ccc([N+](=O)[O-])cc6)c(I)c5)c(=O)n42)c2ccccc2CC3)cc1OC. The predicted molar refractivity (Wildman–Crippen MR) is 202 cm³/mol. The normalized spacial score (nSPS) is 15.2. The van der Waals surface area contributed by atoms with Gasteiger partial charge in [-0.1, -0.05) is 41.7 Å². The zero-order chi connectivity index (χ0) is 33.5. The van der Waals surface area contributed by atoms with Gasteiger partial charge in [0.05, 0.1) is 42.6 Å². The average molecular weight is 884 g/mol. The van der Waals surface area contributed by atoms with Gasteiger partial charge >= 0.3 is 0 Å². The molecule has 0 unspecified atom stereocenters. The Bertz CT molecular complexity index is 2290. The molecule has 0 fully saturated rings. The highest BCUT2D eigenvalue weighted by molar-refractivity contribution is 14.1. The first-order chi connectivity index (χ1) is 23.2. The number of nitro groups is 1. The summed E-state index contributed by atoms with van der Waals surface area (Å²) >= 11 is 5.86. The lowest BCUT2D eigenvalue weighted by Gasteiger charge is -2.31. The number of methoxy groups -OCH3 is 2. The first-order valence-corrected chi connectivity index (χ1v) is 17.9. The van der Waals surface area contributed by atoms with Gasteiger partial charge in [-0.05, 0) is 128 Å². The molecular formula is C36H27I2N3O6S. The van der Waals surface area contributed by atoms with E-state index in [9.17, 15) is 14.9 Å². The van der Waals surface area contributed by atoms with Crippen molar-refractivity contribution in [3.05, 3.63) is 149 Å². The van der Waals surface area contributed by atoms with Gasteiger partial charge in [0.15, 0.2) is 16.3 Å². The zero-order valence-corrected chi connectivity index (χ0v) is 30.9. The Morgan fingerprint density at radius 2 is 1.71 bits per heavy atom. The van der Waals surface area contributed by atoms with Crippen LogP contribution in [0.1, 0.15) is 40.3 Å². The van der Waals surface area contributed by atoms with E-state index < -0.39 is 4.92 Å². The summed E-state index contributed by atoms with van der Waals surface area (Å²) in [7, 11) is 3.22. The van der Waals surface area contributed by atoms with Crippen molar-refractivity contribution in [3.8, 4) is 17.2 Å². The highest BCUT2D eigenvalue weighted by Crippen LogP contribution is 2.43. The number of aromatic nitrogens is 1. The van der Waals surface area contributed by atoms with Crippen LogP contribution in [0.4, 0.5) is 5.69 Å². The molecule has 242 valence electrons. The quantitative estimate of drug-likeness (QED) is 0.0943. The van der Waals surface area contributed by atoms with E-state index in [1.165, 1.54) is 29.0 Å². The lowest BCUT2D eigenvalue weighted by Crippen LogP contribution is -2.38. The zero-order valence-electron chi connectivity index (χ0n) is 25.7. The third kappa shape index (κ3) is 6.05. The van der Waals surface area contributed by atoms with Gasteiger partial charge in [0.1, 0.15) is 12.4 Å². The topological polar surface area (TPSA) is 105 Å². The number of hydrogen-bond donors (Lipinski definition) is 0. The molecule has 0 radical (unpaired) electrons. The summed E-state index contributed by atoms with van der Waals surface area (Å²) in [6.07, 6.45) is 3.57. The van der Waals surface area contributed by atoms with Gasteiger partial charge in [-0.25, -0.2) is 4.99 Å². The largest absolute Gasteiger partial charge is 0.493 e. The number of rotatable bonds is 8. The molecule has 0 saturated heterocycles. The molecule has 9 nitrogen and oxygen atoms in total. The number of thiazole rings is 1. The highest BCUT2D eigenvalue weighted by Gasteiger charge is 2.33. The molecule has 1 aromatic heterocycles. The Morgan fingerprint density at radius 3 is 2.42 bits per heavy atom. The van der Waals surface area contributed by atoms with Crippen LogP contribution in [0.2, 0.25) is 0 Å². The fourth-order valence-electron chi connectivity index (χ4n) is 6.17. The maximum Gasteiger partial charge on any atom is 0.271 e. The van der Waals surface area contributed by atoms with Crippen molar-refractivity contribution in [1.29, 1.82) is 0 Å². The second kappa shape index (κ2) is 13.5. The molecule has 2 heterocycles. The number of halogens is 2. The molecule has 0 saturated carbocycles. The molecule has 1 aliphatic carbocycles. The number of fused-ring (bicyclic) bond motifs is 3. The van der Waals surface area contributed by atoms with Crippen LogP contribution in [0.25, 0.3) is 11.8 Å². The van der Waals surface area contributed by atoms with Crippen LogP contribution in [-0.2, 0) is 13.0 Å². The van der Waals surface area contributed by atoms with Crippen molar-refractivity contribution in [2.24, 2.45) is 4.99 Å². The molecule has 1 aliphatic heterocycles. The molecule has 1 atom stereocenters. The molecule has 12 heteroatoms. The smallest absolute Gasteiger partial charge is 0.271 e. The lowest BCUT2D eigenvalue weighted by atomic mass is 9.83. The van der Waals surface area contributed by atoms with Crippen LogP contribution >= 0.6 is 56.5 Å². The minimum absolute atomic E-state index is 0.0394. The van der Waals surface area contributed by atoms with Gasteiger partial charge in [-0.3, -0.25) is 19.5 Å². The molecular weight excluding hydrogens is 856 g/mol. The van der Waals surface area contributed by atoms with Gasteiger partial charge < -0.3 is 14.2 Å². The third-order valence-corrected chi connectivity index (χ3v) is 11.0. The van der Waals surface area contributed by atoms with Crippen LogP contribution in [0.3, 0.4) is 0 Å². The fourth-order valence-corrected chi connectivity index (χ4v) is 9.30. The number of non-ortho nitro benzene ring substituents is 1. The number of nitrogens with zero attached hydrogens (tertiary/aromatic N) is 3. The van der Waals surface area contributed by atoms with Gasteiger partial charge in [0.2, 0.25) is 0 Å². The second-order valence-electron chi connectivity index (χ2n) is 11.3. The summed E-state index contributed by atoms with van der Waals surface area (Å²) in [6, 6.07) is 24.1. The van der Waals surface area contributed by atoms with Gasteiger partial charge in [0.25, 0.3) is 11.2 Å². The molecule has 2 aliphatic rings. The Hall–Kier alpha value is -4.02. The molecule has 0 amide bonds. The van der Waals surface area contributed by atoms with Crippen LogP contribution in [0.15, 0.2) is 94.2 Å². The number of benzene rings is 4. The number of aryl methyl sites for hydroxylation is 1. The van der Waals surface area contributed by atoms with E-state index >= 15 is 0 Å². The Balaban J connectivity index is 1.29. The first-order valence-electron chi connectivity index (χ1n) is 15.0. The van der Waals surface area contributed by atoms with Crippen molar-refractivity contribution >= 4 is 74.0 Å². The second-order valence-corrected chi connectivity index (χ2v) is 14.6. The summed E-state index contributed by atoms with van der Waals surface area (Å²) in [5.41, 5.74) is 6.97. The molecule has 0 N–H and O–H groups in total. The Labute approximate surface area is 306 Å². The van der Waals surface area contributed by atoms with E-state index in [1.54, 1.807) is 26.4 Å². The lowest BCUT2D eigenvalue weighted by molar-refractivity contribution is -0.384. The first kappa shape index (κ1) is 32.5. The highest BCUT2D eigenvalue weighted by atomic mass is 127. The van der Waals surface area contributed by atoms with Crippen molar-refractivity contribution in [1.82, 2.24) is 4.57 Å². The van der Waals surface area contributed by atoms with E-state index in [2.05, 4.69) is 63.4 Å². The monoisotopic (exact) mass is 883 g/mol. The molecule has 5 aromatic rings. The van der Waals surface area contributed by atoms with Crippen molar-refractivity contribution in [2.45, 2.75) is 25.5 Å². The van der Waals surface area contributed by atoms with Gasteiger partial charge in [0, 0.05) is 17.7 Å². The Morgan fingerprint density at radius 1 is 0.979 bits per heavy atom. The summed E-state index contributed by atoms with van der Waals surface area (Å²) in [5, 5.41) is 11.0. The number of ether oxygens (including phenoxy) is 3. The summed E-state index contributed by atoms with van der Waals surface area (Å²) < 4.78 is 21.5. The minimum Gasteiger partial charge on any atom is -0.493 e. The molecule has 4 aromatic carbocycles. The third-order valence-electron chi connectivity index (χ3n) is 8.44. The summed E-state index contributed by atoms with van der Waals surface area (Å²) in [4.78, 5) is 30.6. The van der Waals surface area contributed by atoms with Gasteiger partial charge in [-0.2, -0.15) is 0 Å². The molecule has 7 rings (SSSR count). The number of hydrogen-bond acceptors (Lipinski definition) is 8. The van der Waals surface area contributed by atoms with E-state index in [1.807, 2.05) is 47.0 Å². The number of nitro benzene ring substituents is 1. The maximum atomic E-state index is 14.3. The van der Waals surface area contributed by atoms with E-state index in [0.29, 0.717) is 26.6 Å². The molecule has 48 heavy (non-hydrogen) atoms. The fraction of sp³-hybridized carbons (Fsp3) is 0.167. The van der Waals surface area contributed by atoms with Crippen molar-refractivity contribution < 1.29 is 19.1 Å². The number of allylic oxidation sites excluding steroid dienone is 1. The predicted octanol–water partition coefficient (Wildman–Crippen LogP) is 7.03. The van der Waals surface area contributed by atoms with E-state index in [-0.39, 0.29) is 23.9 Å². The van der Waals surface area contributed by atoms with Crippen LogP contribution in [0, 0.1) is 17.3 Å². The molecule has 0 bridgehead atoms. The summed E-state index contributed by atoms with van der Waals surface area (Å²) in [5.74, 6) is 1.95. The van der Waals surface area contributed by atoms with Crippen LogP contribution in [-0.4, -0.2) is 23.7 Å². The average Bonchev–Trinajstić information content (AvgIpc) is 3.40. The standard InChI is InChI=1S/C36H27I2N3O6S/c1-45-29-14-10-23(18-30(29)46-2)33-26-13-9-22-5-3-4-6-25(22)32(26)39-36-40(33)35(42)31(48-36)17-21-15-27(37)34(28(38)16-21)47-19-20-7-11-24(12-8-20)41(43)44/h3-8,10-12,14-18,33H,9,13,19H2,1-2H3/b31-17-/t33-/m0/s1. The van der Waals surface area contributed by atoms with Gasteiger partial charge in [-0.15, -0.1) is 0 Å². The molecule has 0 spiro atoms.